The second-order valence-electron chi connectivity index (χ2n) is 5.87. The van der Waals surface area contributed by atoms with Crippen LogP contribution in [0.5, 0.6) is 0 Å². The maximum Gasteiger partial charge on any atom is 0.255 e. The second kappa shape index (κ2) is 7.38. The third kappa shape index (κ3) is 4.28. The highest BCUT2D eigenvalue weighted by Crippen LogP contribution is 2.22. The molecule has 4 nitrogen and oxygen atoms in total. The summed E-state index contributed by atoms with van der Waals surface area (Å²) >= 11 is 3.54. The number of rotatable bonds is 4. The predicted molar refractivity (Wildman–Crippen MR) is 89.8 cm³/mol. The Morgan fingerprint density at radius 3 is 2.52 bits per heavy atom. The molecule has 1 fully saturated rings. The van der Waals surface area contributed by atoms with Crippen LogP contribution in [-0.4, -0.2) is 74.0 Å². The molecule has 0 unspecified atom stereocenters. The van der Waals surface area contributed by atoms with Gasteiger partial charge in [0.25, 0.3) is 5.91 Å². The van der Waals surface area contributed by atoms with Crippen molar-refractivity contribution in [1.29, 1.82) is 0 Å². The number of carbonyl (C=O) groups is 1. The minimum atomic E-state index is 0.137. The Hall–Kier alpha value is -0.910. The first-order valence-corrected chi connectivity index (χ1v) is 8.20. The van der Waals surface area contributed by atoms with Crippen molar-refractivity contribution in [3.63, 3.8) is 0 Å². The van der Waals surface area contributed by atoms with Crippen molar-refractivity contribution in [2.75, 3.05) is 53.4 Å². The van der Waals surface area contributed by atoms with E-state index in [0.29, 0.717) is 0 Å². The van der Waals surface area contributed by atoms with Crippen molar-refractivity contribution >= 4 is 21.8 Å². The molecule has 0 saturated carbocycles. The van der Waals surface area contributed by atoms with Crippen LogP contribution < -0.4 is 0 Å². The number of nitrogens with zero attached hydrogens (tertiary/aromatic N) is 3. The lowest BCUT2D eigenvalue weighted by Crippen LogP contribution is -2.50. The summed E-state index contributed by atoms with van der Waals surface area (Å²) in [7, 11) is 4.18. The first-order chi connectivity index (χ1) is 9.99. The molecule has 116 valence electrons. The summed E-state index contributed by atoms with van der Waals surface area (Å²) in [6.07, 6.45) is 0. The predicted octanol–water partition coefficient (Wildman–Crippen LogP) is 2.08. The van der Waals surface area contributed by atoms with E-state index in [9.17, 15) is 4.79 Å². The van der Waals surface area contributed by atoms with E-state index < -0.39 is 0 Å². The molecule has 1 aliphatic rings. The van der Waals surface area contributed by atoms with Gasteiger partial charge in [-0.2, -0.15) is 0 Å². The molecule has 1 heterocycles. The number of carbonyl (C=O) groups excluding carboxylic acids is 1. The maximum atomic E-state index is 12.6. The molecule has 0 N–H and O–H groups in total. The fourth-order valence-corrected chi connectivity index (χ4v) is 2.93. The Kier molecular flexibility index (Phi) is 5.79. The van der Waals surface area contributed by atoms with Gasteiger partial charge in [0.1, 0.15) is 0 Å². The van der Waals surface area contributed by atoms with Crippen LogP contribution in [0.4, 0.5) is 0 Å². The molecule has 0 aromatic heterocycles. The lowest BCUT2D eigenvalue weighted by atomic mass is 10.1. The SMILES string of the molecule is Cc1cccc(C(=O)N2CCN(CCN(C)C)CC2)c1Br. The molecule has 1 aromatic rings. The van der Waals surface area contributed by atoms with Gasteiger partial charge in [-0.05, 0) is 48.6 Å². The standard InChI is InChI=1S/C16H24BrN3O/c1-13-5-4-6-14(15(13)17)16(21)20-11-9-19(10-12-20)8-7-18(2)3/h4-6H,7-12H2,1-3H3. The lowest BCUT2D eigenvalue weighted by molar-refractivity contribution is 0.0629. The lowest BCUT2D eigenvalue weighted by Gasteiger charge is -2.35. The third-order valence-corrected chi connectivity index (χ3v) is 5.00. The molecule has 0 bridgehead atoms. The molecule has 1 saturated heterocycles. The highest BCUT2D eigenvalue weighted by Gasteiger charge is 2.23. The Morgan fingerprint density at radius 2 is 1.90 bits per heavy atom. The second-order valence-corrected chi connectivity index (χ2v) is 6.67. The van der Waals surface area contributed by atoms with E-state index in [0.717, 1.165) is 54.9 Å². The van der Waals surface area contributed by atoms with E-state index in [1.165, 1.54) is 0 Å². The topological polar surface area (TPSA) is 26.8 Å². The number of aryl methyl sites for hydroxylation is 1. The number of piperazine rings is 1. The van der Waals surface area contributed by atoms with E-state index in [-0.39, 0.29) is 5.91 Å². The zero-order chi connectivity index (χ0) is 15.4. The summed E-state index contributed by atoms with van der Waals surface area (Å²) in [6, 6.07) is 5.86. The molecular formula is C16H24BrN3O. The number of hydrogen-bond donors (Lipinski definition) is 0. The molecule has 0 atom stereocenters. The van der Waals surface area contributed by atoms with Crippen LogP contribution in [0.2, 0.25) is 0 Å². The van der Waals surface area contributed by atoms with Crippen molar-refractivity contribution in [3.8, 4) is 0 Å². The van der Waals surface area contributed by atoms with Crippen molar-refractivity contribution in [1.82, 2.24) is 14.7 Å². The summed E-state index contributed by atoms with van der Waals surface area (Å²) < 4.78 is 0.921. The Labute approximate surface area is 135 Å². The van der Waals surface area contributed by atoms with Gasteiger partial charge in [-0.1, -0.05) is 12.1 Å². The average molecular weight is 354 g/mol. The maximum absolute atomic E-state index is 12.6. The quantitative estimate of drug-likeness (QED) is 0.828. The minimum Gasteiger partial charge on any atom is -0.336 e. The van der Waals surface area contributed by atoms with Gasteiger partial charge in [0.05, 0.1) is 5.56 Å². The fourth-order valence-electron chi connectivity index (χ4n) is 2.50. The number of halogens is 1. The van der Waals surface area contributed by atoms with Gasteiger partial charge in [0.15, 0.2) is 0 Å². The van der Waals surface area contributed by atoms with E-state index in [4.69, 9.17) is 0 Å². The largest absolute Gasteiger partial charge is 0.336 e. The molecule has 21 heavy (non-hydrogen) atoms. The van der Waals surface area contributed by atoms with Gasteiger partial charge in [-0.3, -0.25) is 9.69 Å². The van der Waals surface area contributed by atoms with E-state index >= 15 is 0 Å². The summed E-state index contributed by atoms with van der Waals surface area (Å²) in [5, 5.41) is 0. The molecule has 1 aliphatic heterocycles. The zero-order valence-electron chi connectivity index (χ0n) is 13.1. The molecule has 2 rings (SSSR count). The normalized spacial score (nSPS) is 16.5. The number of amides is 1. The summed E-state index contributed by atoms with van der Waals surface area (Å²) in [6.45, 7) is 7.70. The Balaban J connectivity index is 1.93. The monoisotopic (exact) mass is 353 g/mol. The van der Waals surface area contributed by atoms with Crippen molar-refractivity contribution < 1.29 is 4.79 Å². The van der Waals surface area contributed by atoms with Gasteiger partial charge >= 0.3 is 0 Å². The van der Waals surface area contributed by atoms with Crippen LogP contribution in [0.15, 0.2) is 22.7 Å². The van der Waals surface area contributed by atoms with E-state index in [1.807, 2.05) is 30.0 Å². The van der Waals surface area contributed by atoms with Gasteiger partial charge in [-0.15, -0.1) is 0 Å². The first kappa shape index (κ1) is 16.5. The molecule has 5 heteroatoms. The van der Waals surface area contributed by atoms with Crippen LogP contribution in [-0.2, 0) is 0 Å². The highest BCUT2D eigenvalue weighted by molar-refractivity contribution is 9.10. The summed E-state index contributed by atoms with van der Waals surface area (Å²) in [5.74, 6) is 0.137. The number of likely N-dealkylation sites (N-methyl/N-ethyl adjacent to an activating group) is 1. The molecule has 1 amide bonds. The van der Waals surface area contributed by atoms with Gasteiger partial charge < -0.3 is 9.80 Å². The Morgan fingerprint density at radius 1 is 1.24 bits per heavy atom. The first-order valence-electron chi connectivity index (χ1n) is 7.40. The van der Waals surface area contributed by atoms with Crippen molar-refractivity contribution in [2.24, 2.45) is 0 Å². The smallest absolute Gasteiger partial charge is 0.255 e. The van der Waals surface area contributed by atoms with Gasteiger partial charge in [0.2, 0.25) is 0 Å². The number of hydrogen-bond acceptors (Lipinski definition) is 3. The third-order valence-electron chi connectivity index (χ3n) is 3.95. The van der Waals surface area contributed by atoms with Crippen LogP contribution in [0.25, 0.3) is 0 Å². The Bertz CT molecular complexity index is 496. The molecule has 1 aromatic carbocycles. The highest BCUT2D eigenvalue weighted by atomic mass is 79.9. The van der Waals surface area contributed by atoms with Gasteiger partial charge in [-0.25, -0.2) is 0 Å². The summed E-state index contributed by atoms with van der Waals surface area (Å²) in [5.41, 5.74) is 1.88. The van der Waals surface area contributed by atoms with Crippen molar-refractivity contribution in [3.05, 3.63) is 33.8 Å². The van der Waals surface area contributed by atoms with E-state index in [1.54, 1.807) is 0 Å². The molecular weight excluding hydrogens is 330 g/mol. The zero-order valence-corrected chi connectivity index (χ0v) is 14.7. The van der Waals surface area contributed by atoms with Crippen molar-refractivity contribution in [2.45, 2.75) is 6.92 Å². The van der Waals surface area contributed by atoms with Gasteiger partial charge in [0, 0.05) is 43.7 Å². The molecule has 0 radical (unpaired) electrons. The van der Waals surface area contributed by atoms with Crippen LogP contribution in [0.1, 0.15) is 15.9 Å². The molecule has 0 spiro atoms. The fraction of sp³-hybridized carbons (Fsp3) is 0.562. The number of benzene rings is 1. The average Bonchev–Trinajstić information content (AvgIpc) is 2.48. The minimum absolute atomic E-state index is 0.137. The van der Waals surface area contributed by atoms with E-state index in [2.05, 4.69) is 39.8 Å². The summed E-state index contributed by atoms with van der Waals surface area (Å²) in [4.78, 5) is 19.2. The molecule has 0 aliphatic carbocycles. The van der Waals surface area contributed by atoms with Crippen LogP contribution in [0, 0.1) is 6.92 Å². The van der Waals surface area contributed by atoms with Crippen LogP contribution >= 0.6 is 15.9 Å². The van der Waals surface area contributed by atoms with Crippen LogP contribution in [0.3, 0.4) is 0 Å².